The summed E-state index contributed by atoms with van der Waals surface area (Å²) in [5.41, 5.74) is 0.968. The number of rotatable bonds is 5. The number of ether oxygens (including phenoxy) is 1. The normalized spacial score (nSPS) is 11.3. The molecule has 0 bridgehead atoms. The summed E-state index contributed by atoms with van der Waals surface area (Å²) in [4.78, 5) is 12.0. The Morgan fingerprint density at radius 1 is 1.20 bits per heavy atom. The van der Waals surface area contributed by atoms with Crippen LogP contribution in [0.5, 0.6) is 5.75 Å². The van der Waals surface area contributed by atoms with Crippen LogP contribution < -0.4 is 10.1 Å². The Balaban J connectivity index is 2.02. The highest BCUT2D eigenvalue weighted by Crippen LogP contribution is 2.33. The number of carbonyl (C=O) groups excluding carboxylic acids is 1. The number of methoxy groups -OCH3 is 1. The van der Waals surface area contributed by atoms with E-state index in [-0.39, 0.29) is 17.1 Å². The number of benzene rings is 2. The van der Waals surface area contributed by atoms with E-state index >= 15 is 0 Å². The van der Waals surface area contributed by atoms with Crippen LogP contribution in [0.4, 0.5) is 18.9 Å². The molecule has 1 amide bonds. The third-order valence-electron chi connectivity index (χ3n) is 3.67. The molecule has 25 heavy (non-hydrogen) atoms. The third-order valence-corrected chi connectivity index (χ3v) is 4.00. The first-order valence-corrected chi connectivity index (χ1v) is 7.88. The second kappa shape index (κ2) is 7.78. The molecule has 0 unspecified atom stereocenters. The van der Waals surface area contributed by atoms with Crippen molar-refractivity contribution in [1.82, 2.24) is 0 Å². The fraction of sp³-hybridized carbons (Fsp3) is 0.278. The average Bonchev–Trinajstić information content (AvgIpc) is 2.54. The SMILES string of the molecule is COc1ccc(CCC(=O)Nc2cc(C(F)(F)F)ccc2Cl)cc1C. The van der Waals surface area contributed by atoms with Gasteiger partial charge < -0.3 is 10.1 Å². The van der Waals surface area contributed by atoms with Crippen LogP contribution in [0.2, 0.25) is 5.02 Å². The molecule has 0 aliphatic heterocycles. The molecule has 0 atom stereocenters. The lowest BCUT2D eigenvalue weighted by Crippen LogP contribution is -2.14. The van der Waals surface area contributed by atoms with Gasteiger partial charge in [0.25, 0.3) is 0 Å². The van der Waals surface area contributed by atoms with Crippen molar-refractivity contribution < 1.29 is 22.7 Å². The molecule has 0 saturated heterocycles. The lowest BCUT2D eigenvalue weighted by atomic mass is 10.1. The molecule has 3 nitrogen and oxygen atoms in total. The quantitative estimate of drug-likeness (QED) is 0.779. The molecule has 0 aliphatic rings. The minimum absolute atomic E-state index is 0.0487. The first kappa shape index (κ1) is 19.1. The van der Waals surface area contributed by atoms with Crippen LogP contribution in [-0.4, -0.2) is 13.0 Å². The molecule has 2 rings (SSSR count). The number of carbonyl (C=O) groups is 1. The first-order valence-electron chi connectivity index (χ1n) is 7.51. The van der Waals surface area contributed by atoms with Crippen LogP contribution in [0.3, 0.4) is 0 Å². The van der Waals surface area contributed by atoms with Crippen molar-refractivity contribution in [3.8, 4) is 5.75 Å². The van der Waals surface area contributed by atoms with Crippen LogP contribution in [0, 0.1) is 6.92 Å². The number of aryl methyl sites for hydroxylation is 2. The van der Waals surface area contributed by atoms with Crippen LogP contribution in [0.15, 0.2) is 36.4 Å². The zero-order valence-electron chi connectivity index (χ0n) is 13.7. The third kappa shape index (κ3) is 5.13. The van der Waals surface area contributed by atoms with Crippen molar-refractivity contribution in [1.29, 1.82) is 0 Å². The largest absolute Gasteiger partial charge is 0.496 e. The molecule has 0 spiro atoms. The first-order chi connectivity index (χ1) is 11.7. The summed E-state index contributed by atoms with van der Waals surface area (Å²) in [7, 11) is 1.58. The minimum atomic E-state index is -4.50. The van der Waals surface area contributed by atoms with E-state index in [4.69, 9.17) is 16.3 Å². The molecular weight excluding hydrogens is 355 g/mol. The van der Waals surface area contributed by atoms with E-state index in [9.17, 15) is 18.0 Å². The highest BCUT2D eigenvalue weighted by Gasteiger charge is 2.31. The predicted molar refractivity (Wildman–Crippen MR) is 91.1 cm³/mol. The average molecular weight is 372 g/mol. The van der Waals surface area contributed by atoms with Gasteiger partial charge in [-0.1, -0.05) is 23.7 Å². The monoisotopic (exact) mass is 371 g/mol. The Hall–Kier alpha value is -2.21. The number of hydrogen-bond acceptors (Lipinski definition) is 2. The van der Waals surface area contributed by atoms with Crippen LogP contribution in [0.1, 0.15) is 23.1 Å². The van der Waals surface area contributed by atoms with Crippen molar-refractivity contribution in [2.24, 2.45) is 0 Å². The zero-order valence-corrected chi connectivity index (χ0v) is 14.5. The predicted octanol–water partition coefficient (Wildman–Crippen LogP) is 5.25. The van der Waals surface area contributed by atoms with E-state index in [1.165, 1.54) is 0 Å². The number of hydrogen-bond donors (Lipinski definition) is 1. The van der Waals surface area contributed by atoms with E-state index in [0.717, 1.165) is 35.1 Å². The summed E-state index contributed by atoms with van der Waals surface area (Å²) in [5.74, 6) is 0.346. The fourth-order valence-corrected chi connectivity index (χ4v) is 2.53. The van der Waals surface area contributed by atoms with Gasteiger partial charge in [0.1, 0.15) is 5.75 Å². The summed E-state index contributed by atoms with van der Waals surface area (Å²) in [5, 5.41) is 2.49. The summed E-state index contributed by atoms with van der Waals surface area (Å²) in [6.07, 6.45) is -3.92. The van der Waals surface area contributed by atoms with Crippen molar-refractivity contribution in [2.45, 2.75) is 25.9 Å². The topological polar surface area (TPSA) is 38.3 Å². The molecule has 0 heterocycles. The zero-order chi connectivity index (χ0) is 18.6. The molecule has 1 N–H and O–H groups in total. The van der Waals surface area contributed by atoms with Gasteiger partial charge in [0.05, 0.1) is 23.4 Å². The van der Waals surface area contributed by atoms with Crippen LogP contribution >= 0.6 is 11.6 Å². The lowest BCUT2D eigenvalue weighted by molar-refractivity contribution is -0.137. The molecule has 7 heteroatoms. The maximum absolute atomic E-state index is 12.7. The van der Waals surface area contributed by atoms with Gasteiger partial charge in [-0.25, -0.2) is 0 Å². The molecule has 0 radical (unpaired) electrons. The molecule has 134 valence electrons. The van der Waals surface area contributed by atoms with Gasteiger partial charge >= 0.3 is 6.18 Å². The lowest BCUT2D eigenvalue weighted by Gasteiger charge is -2.12. The van der Waals surface area contributed by atoms with Gasteiger partial charge in [-0.2, -0.15) is 13.2 Å². The minimum Gasteiger partial charge on any atom is -0.496 e. The molecule has 0 saturated carbocycles. The van der Waals surface area contributed by atoms with Crippen LogP contribution in [0.25, 0.3) is 0 Å². The van der Waals surface area contributed by atoms with Gasteiger partial charge in [-0.15, -0.1) is 0 Å². The summed E-state index contributed by atoms with van der Waals surface area (Å²) >= 11 is 5.87. The molecule has 0 aliphatic carbocycles. The second-order valence-electron chi connectivity index (χ2n) is 5.54. The second-order valence-corrected chi connectivity index (χ2v) is 5.95. The number of nitrogens with one attached hydrogen (secondary N) is 1. The highest BCUT2D eigenvalue weighted by atomic mass is 35.5. The smallest absolute Gasteiger partial charge is 0.416 e. The molecular formula is C18H17ClF3NO2. The molecule has 2 aromatic rings. The Kier molecular flexibility index (Phi) is 5.95. The highest BCUT2D eigenvalue weighted by molar-refractivity contribution is 6.33. The Bertz CT molecular complexity index is 775. The number of alkyl halides is 3. The molecule has 0 fully saturated rings. The van der Waals surface area contributed by atoms with E-state index in [0.29, 0.717) is 6.42 Å². The molecule has 2 aromatic carbocycles. The van der Waals surface area contributed by atoms with E-state index in [2.05, 4.69) is 5.32 Å². The van der Waals surface area contributed by atoms with Gasteiger partial charge in [0, 0.05) is 6.42 Å². The van der Waals surface area contributed by atoms with Crippen molar-refractivity contribution in [3.05, 3.63) is 58.1 Å². The van der Waals surface area contributed by atoms with E-state index in [1.54, 1.807) is 7.11 Å². The van der Waals surface area contributed by atoms with Gasteiger partial charge in [-0.05, 0) is 48.7 Å². The Morgan fingerprint density at radius 3 is 2.52 bits per heavy atom. The maximum atomic E-state index is 12.7. The number of amides is 1. The standard InChI is InChI=1S/C18H17ClF3NO2/c1-11-9-12(3-7-16(11)25-2)4-8-17(24)23-15-10-13(18(20,21)22)5-6-14(15)19/h3,5-7,9-10H,4,8H2,1-2H3,(H,23,24). The fourth-order valence-electron chi connectivity index (χ4n) is 2.36. The number of halogens is 4. The van der Waals surface area contributed by atoms with E-state index < -0.39 is 17.6 Å². The summed E-state index contributed by atoms with van der Waals surface area (Å²) in [6.45, 7) is 1.89. The summed E-state index contributed by atoms with van der Waals surface area (Å²) < 4.78 is 43.4. The van der Waals surface area contributed by atoms with E-state index in [1.807, 2.05) is 25.1 Å². The Morgan fingerprint density at radius 2 is 1.92 bits per heavy atom. The van der Waals surface area contributed by atoms with Gasteiger partial charge in [0.2, 0.25) is 5.91 Å². The maximum Gasteiger partial charge on any atom is 0.416 e. The van der Waals surface area contributed by atoms with Crippen molar-refractivity contribution in [2.75, 3.05) is 12.4 Å². The van der Waals surface area contributed by atoms with Gasteiger partial charge in [0.15, 0.2) is 0 Å². The Labute approximate surface area is 148 Å². The van der Waals surface area contributed by atoms with Crippen molar-refractivity contribution in [3.63, 3.8) is 0 Å². The summed E-state index contributed by atoms with van der Waals surface area (Å²) in [6, 6.07) is 8.38. The molecule has 0 aromatic heterocycles. The number of anilines is 1. The van der Waals surface area contributed by atoms with Crippen LogP contribution in [-0.2, 0) is 17.4 Å². The van der Waals surface area contributed by atoms with Crippen molar-refractivity contribution >= 4 is 23.2 Å². The van der Waals surface area contributed by atoms with Gasteiger partial charge in [-0.3, -0.25) is 4.79 Å².